The second kappa shape index (κ2) is 4.51. The number of rotatable bonds is 3. The van der Waals surface area contributed by atoms with E-state index < -0.39 is 0 Å². The zero-order chi connectivity index (χ0) is 13.4. The Morgan fingerprint density at radius 3 is 2.95 bits per heavy atom. The van der Waals surface area contributed by atoms with Crippen LogP contribution in [0.5, 0.6) is 0 Å². The van der Waals surface area contributed by atoms with E-state index >= 15 is 0 Å². The van der Waals surface area contributed by atoms with E-state index in [1.807, 2.05) is 16.0 Å². The summed E-state index contributed by atoms with van der Waals surface area (Å²) in [5.41, 5.74) is 1.28. The summed E-state index contributed by atoms with van der Waals surface area (Å²) >= 11 is 1.53. The van der Waals surface area contributed by atoms with Crippen molar-refractivity contribution in [1.29, 1.82) is 0 Å². The molecule has 0 saturated heterocycles. The number of carbonyl (C=O) groups excluding carboxylic acids is 1. The fraction of sp³-hybridized carbons (Fsp3) is 0.250. The molecule has 0 aliphatic heterocycles. The summed E-state index contributed by atoms with van der Waals surface area (Å²) in [6.45, 7) is 2.14. The normalized spacial score (nSPS) is 11.1. The Morgan fingerprint density at radius 2 is 2.32 bits per heavy atom. The van der Waals surface area contributed by atoms with Crippen LogP contribution in [0.3, 0.4) is 0 Å². The van der Waals surface area contributed by atoms with Gasteiger partial charge in [-0.3, -0.25) is 4.40 Å². The van der Waals surface area contributed by atoms with Crippen molar-refractivity contribution in [2.75, 3.05) is 6.61 Å². The van der Waals surface area contributed by atoms with Crippen LogP contribution < -0.4 is 0 Å². The van der Waals surface area contributed by atoms with Gasteiger partial charge in [0.2, 0.25) is 5.78 Å². The molecule has 0 amide bonds. The Hall–Kier alpha value is -2.15. The van der Waals surface area contributed by atoms with Gasteiger partial charge in [0.15, 0.2) is 0 Å². The highest BCUT2D eigenvalue weighted by Crippen LogP contribution is 2.22. The number of aromatic nitrogens is 4. The highest BCUT2D eigenvalue weighted by atomic mass is 32.1. The summed E-state index contributed by atoms with van der Waals surface area (Å²) in [6, 6.07) is 0. The van der Waals surface area contributed by atoms with E-state index in [0.717, 1.165) is 10.7 Å². The van der Waals surface area contributed by atoms with Crippen molar-refractivity contribution < 1.29 is 9.53 Å². The second-order valence-corrected chi connectivity index (χ2v) is 4.86. The molecule has 6 nitrogen and oxygen atoms in total. The first-order chi connectivity index (χ1) is 9.20. The van der Waals surface area contributed by atoms with Crippen LogP contribution in [-0.4, -0.2) is 31.5 Å². The van der Waals surface area contributed by atoms with Crippen molar-refractivity contribution in [1.82, 2.24) is 18.9 Å². The first kappa shape index (κ1) is 11.9. The van der Waals surface area contributed by atoms with Gasteiger partial charge in [0.1, 0.15) is 16.4 Å². The number of esters is 1. The molecule has 0 saturated carbocycles. The molecule has 0 bridgehead atoms. The summed E-state index contributed by atoms with van der Waals surface area (Å²) in [4.78, 5) is 20.5. The van der Waals surface area contributed by atoms with Gasteiger partial charge in [-0.2, -0.15) is 0 Å². The molecule has 3 aromatic heterocycles. The number of fused-ring (bicyclic) bond motifs is 1. The van der Waals surface area contributed by atoms with Gasteiger partial charge in [-0.15, -0.1) is 11.3 Å². The molecule has 3 aromatic rings. The SMILES string of the molecule is CCOC(=O)c1cn2cc(-c3nccs3)nc2n1C. The molecule has 3 rings (SSSR count). The van der Waals surface area contributed by atoms with Crippen molar-refractivity contribution in [3.05, 3.63) is 29.7 Å². The third kappa shape index (κ3) is 1.91. The quantitative estimate of drug-likeness (QED) is 0.686. The topological polar surface area (TPSA) is 61.4 Å². The van der Waals surface area contributed by atoms with Gasteiger partial charge in [-0.1, -0.05) is 0 Å². The van der Waals surface area contributed by atoms with Crippen molar-refractivity contribution >= 4 is 23.1 Å². The molecule has 98 valence electrons. The molecule has 0 aliphatic carbocycles. The van der Waals surface area contributed by atoms with E-state index in [9.17, 15) is 4.79 Å². The molecule has 7 heteroatoms. The summed E-state index contributed by atoms with van der Waals surface area (Å²) < 4.78 is 8.52. The van der Waals surface area contributed by atoms with Crippen LogP contribution in [0.1, 0.15) is 17.4 Å². The number of carbonyl (C=O) groups is 1. The van der Waals surface area contributed by atoms with Gasteiger partial charge >= 0.3 is 5.97 Å². The lowest BCUT2D eigenvalue weighted by atomic mass is 10.4. The third-order valence-electron chi connectivity index (χ3n) is 2.77. The number of imidazole rings is 2. The molecule has 0 N–H and O–H groups in total. The van der Waals surface area contributed by atoms with E-state index in [1.54, 1.807) is 30.9 Å². The summed E-state index contributed by atoms with van der Waals surface area (Å²) in [6.07, 6.45) is 5.32. The smallest absolute Gasteiger partial charge is 0.356 e. The van der Waals surface area contributed by atoms with Crippen LogP contribution in [0.15, 0.2) is 24.0 Å². The van der Waals surface area contributed by atoms with Crippen LogP contribution in [-0.2, 0) is 11.8 Å². The van der Waals surface area contributed by atoms with Crippen LogP contribution in [0.4, 0.5) is 0 Å². The van der Waals surface area contributed by atoms with Crippen LogP contribution in [0.25, 0.3) is 16.5 Å². The number of aryl methyl sites for hydroxylation is 1. The molecule has 0 aromatic carbocycles. The average molecular weight is 276 g/mol. The van der Waals surface area contributed by atoms with Crippen LogP contribution >= 0.6 is 11.3 Å². The van der Waals surface area contributed by atoms with Crippen molar-refractivity contribution in [2.45, 2.75) is 6.92 Å². The molecule has 0 aliphatic rings. The second-order valence-electron chi connectivity index (χ2n) is 3.96. The Balaban J connectivity index is 2.05. The molecule has 0 unspecified atom stereocenters. The van der Waals surface area contributed by atoms with E-state index in [2.05, 4.69) is 9.97 Å². The van der Waals surface area contributed by atoms with Crippen molar-refractivity contribution in [2.24, 2.45) is 7.05 Å². The first-order valence-electron chi connectivity index (χ1n) is 5.82. The fourth-order valence-electron chi connectivity index (χ4n) is 1.90. The maximum Gasteiger partial charge on any atom is 0.356 e. The van der Waals surface area contributed by atoms with E-state index in [0.29, 0.717) is 18.1 Å². The van der Waals surface area contributed by atoms with Gasteiger partial charge in [0.05, 0.1) is 6.61 Å². The Morgan fingerprint density at radius 1 is 1.47 bits per heavy atom. The zero-order valence-corrected chi connectivity index (χ0v) is 11.3. The average Bonchev–Trinajstić information content (AvgIpc) is 3.06. The molecule has 0 radical (unpaired) electrons. The fourth-order valence-corrected chi connectivity index (χ4v) is 2.49. The van der Waals surface area contributed by atoms with Gasteiger partial charge in [-0.25, -0.2) is 14.8 Å². The molecule has 0 fully saturated rings. The predicted octanol–water partition coefficient (Wildman–Crippen LogP) is 1.97. The lowest BCUT2D eigenvalue weighted by Crippen LogP contribution is -2.09. The third-order valence-corrected chi connectivity index (χ3v) is 3.57. The highest BCUT2D eigenvalue weighted by Gasteiger charge is 2.17. The molecule has 19 heavy (non-hydrogen) atoms. The minimum absolute atomic E-state index is 0.341. The number of nitrogens with zero attached hydrogens (tertiary/aromatic N) is 4. The highest BCUT2D eigenvalue weighted by molar-refractivity contribution is 7.13. The zero-order valence-electron chi connectivity index (χ0n) is 10.5. The lowest BCUT2D eigenvalue weighted by molar-refractivity contribution is 0.0515. The minimum Gasteiger partial charge on any atom is -0.461 e. The number of hydrogen-bond acceptors (Lipinski definition) is 5. The van der Waals surface area contributed by atoms with Gasteiger partial charge in [0.25, 0.3) is 0 Å². The van der Waals surface area contributed by atoms with E-state index in [1.165, 1.54) is 11.3 Å². The molecule has 3 heterocycles. The Labute approximate surface area is 113 Å². The Bertz CT molecular complexity index is 726. The summed E-state index contributed by atoms with van der Waals surface area (Å²) in [5.74, 6) is 0.347. The number of hydrogen-bond donors (Lipinski definition) is 0. The summed E-state index contributed by atoms with van der Waals surface area (Å²) in [7, 11) is 1.79. The largest absolute Gasteiger partial charge is 0.461 e. The van der Waals surface area contributed by atoms with Crippen molar-refractivity contribution in [3.63, 3.8) is 0 Å². The van der Waals surface area contributed by atoms with Crippen LogP contribution in [0, 0.1) is 0 Å². The number of thiazole rings is 1. The van der Waals surface area contributed by atoms with E-state index in [4.69, 9.17) is 4.74 Å². The van der Waals surface area contributed by atoms with Gasteiger partial charge in [0, 0.05) is 31.0 Å². The van der Waals surface area contributed by atoms with Gasteiger partial charge < -0.3 is 9.30 Å². The van der Waals surface area contributed by atoms with Crippen LogP contribution in [0.2, 0.25) is 0 Å². The molecular weight excluding hydrogens is 264 g/mol. The maximum absolute atomic E-state index is 11.8. The first-order valence-corrected chi connectivity index (χ1v) is 6.70. The van der Waals surface area contributed by atoms with E-state index in [-0.39, 0.29) is 5.97 Å². The molecule has 0 spiro atoms. The van der Waals surface area contributed by atoms with Gasteiger partial charge in [-0.05, 0) is 6.92 Å². The maximum atomic E-state index is 11.8. The Kier molecular flexibility index (Phi) is 2.83. The standard InChI is InChI=1S/C12H12N4O2S/c1-3-18-11(17)9-7-16-6-8(10-13-4-5-19-10)14-12(16)15(9)2/h4-7H,3H2,1-2H3. The predicted molar refractivity (Wildman–Crippen MR) is 71.2 cm³/mol. The number of ether oxygens (including phenoxy) is 1. The lowest BCUT2D eigenvalue weighted by Gasteiger charge is -2.01. The summed E-state index contributed by atoms with van der Waals surface area (Å²) in [5, 5.41) is 2.77. The molecular formula is C12H12N4O2S. The molecule has 0 atom stereocenters. The van der Waals surface area contributed by atoms with Crippen molar-refractivity contribution in [3.8, 4) is 10.7 Å². The monoisotopic (exact) mass is 276 g/mol. The minimum atomic E-state index is -0.341.